The first-order valence-corrected chi connectivity index (χ1v) is 9.83. The van der Waals surface area contributed by atoms with Gasteiger partial charge in [-0.2, -0.15) is 0 Å². The van der Waals surface area contributed by atoms with Gasteiger partial charge in [-0.25, -0.2) is 4.39 Å². The summed E-state index contributed by atoms with van der Waals surface area (Å²) in [6.45, 7) is 7.87. The molecule has 7 nitrogen and oxygen atoms in total. The van der Waals surface area contributed by atoms with Gasteiger partial charge in [0.2, 0.25) is 5.91 Å². The zero-order chi connectivity index (χ0) is 21.8. The molecule has 1 saturated heterocycles. The van der Waals surface area contributed by atoms with Crippen molar-refractivity contribution in [3.8, 4) is 5.75 Å². The number of methoxy groups -OCH3 is 1. The molecule has 0 aliphatic carbocycles. The first-order chi connectivity index (χ1) is 13.5. The van der Waals surface area contributed by atoms with Crippen molar-refractivity contribution in [2.24, 2.45) is 5.73 Å². The Morgan fingerprint density at radius 3 is 2.48 bits per heavy atom. The molecule has 2 atom stereocenters. The van der Waals surface area contributed by atoms with Crippen molar-refractivity contribution in [1.29, 1.82) is 0 Å². The van der Waals surface area contributed by atoms with Crippen LogP contribution >= 0.6 is 11.6 Å². The van der Waals surface area contributed by atoms with Gasteiger partial charge in [0.15, 0.2) is 11.6 Å². The Morgan fingerprint density at radius 1 is 1.31 bits per heavy atom. The Labute approximate surface area is 176 Å². The van der Waals surface area contributed by atoms with Crippen LogP contribution in [0, 0.1) is 5.82 Å². The Balaban J connectivity index is 2.07. The molecule has 0 radical (unpaired) electrons. The lowest BCUT2D eigenvalue weighted by molar-refractivity contribution is -0.123. The van der Waals surface area contributed by atoms with E-state index in [1.165, 1.54) is 25.3 Å². The van der Waals surface area contributed by atoms with E-state index >= 15 is 0 Å². The molecule has 1 aromatic carbocycles. The van der Waals surface area contributed by atoms with Crippen molar-refractivity contribution in [3.05, 3.63) is 29.0 Å². The number of hydrogen-bond donors (Lipinski definition) is 2. The van der Waals surface area contributed by atoms with Crippen molar-refractivity contribution < 1.29 is 28.0 Å². The van der Waals surface area contributed by atoms with Crippen LogP contribution in [-0.4, -0.2) is 56.5 Å². The minimum absolute atomic E-state index is 0.0736. The van der Waals surface area contributed by atoms with Gasteiger partial charge in [0, 0.05) is 18.6 Å². The molecule has 0 spiro atoms. The lowest BCUT2D eigenvalue weighted by atomic mass is 9.76. The molecule has 1 heterocycles. The van der Waals surface area contributed by atoms with Crippen LogP contribution in [0.5, 0.6) is 5.75 Å². The van der Waals surface area contributed by atoms with E-state index in [1.807, 2.05) is 27.7 Å². The van der Waals surface area contributed by atoms with Crippen LogP contribution in [0.15, 0.2) is 18.2 Å². The highest BCUT2D eigenvalue weighted by Crippen LogP contribution is 2.37. The lowest BCUT2D eigenvalue weighted by Gasteiger charge is -2.32. The number of amides is 1. The molecule has 0 bridgehead atoms. The first kappa shape index (κ1) is 23.9. The van der Waals surface area contributed by atoms with Gasteiger partial charge in [-0.15, -0.1) is 0 Å². The van der Waals surface area contributed by atoms with Crippen molar-refractivity contribution in [3.63, 3.8) is 0 Å². The highest BCUT2D eigenvalue weighted by Gasteiger charge is 2.54. The van der Waals surface area contributed by atoms with Crippen LogP contribution in [0.1, 0.15) is 34.1 Å². The molecule has 0 aromatic heterocycles. The molecular weight excluding hydrogens is 401 g/mol. The monoisotopic (exact) mass is 430 g/mol. The van der Waals surface area contributed by atoms with Gasteiger partial charge in [0.25, 0.3) is 0 Å². The molecule has 1 aliphatic heterocycles. The third kappa shape index (κ3) is 6.05. The summed E-state index contributed by atoms with van der Waals surface area (Å²) >= 11 is 5.76. The summed E-state index contributed by atoms with van der Waals surface area (Å²) in [7, 11) is 0.755. The predicted molar refractivity (Wildman–Crippen MR) is 109 cm³/mol. The Hall–Kier alpha value is -1.39. The molecule has 1 amide bonds. The second-order valence-corrected chi connectivity index (χ2v) is 8.45. The van der Waals surface area contributed by atoms with Crippen LogP contribution in [0.25, 0.3) is 0 Å². The first-order valence-electron chi connectivity index (χ1n) is 9.45. The standard InChI is InChI=1S/C19H29BClFN2O5/c1-18(2)19(3,4)29-20(28-18)16(24-17(25)14(23)11-26-5)8-9-27-15-7-6-12(21)10-13(15)22/h6-7,10,14,16H,8-9,11,23H2,1-5H3,(H,24,25)/t14-,16+/m1/s1. The number of halogens is 2. The molecule has 0 unspecified atom stereocenters. The van der Waals surface area contributed by atoms with Crippen LogP contribution < -0.4 is 15.8 Å². The van der Waals surface area contributed by atoms with Gasteiger partial charge in [0.1, 0.15) is 6.04 Å². The molecule has 2 rings (SSSR count). The third-order valence-corrected chi connectivity index (χ3v) is 5.43. The average Bonchev–Trinajstić information content (AvgIpc) is 2.83. The van der Waals surface area contributed by atoms with Crippen molar-refractivity contribution >= 4 is 24.6 Å². The van der Waals surface area contributed by atoms with E-state index in [4.69, 9.17) is 36.1 Å². The zero-order valence-corrected chi connectivity index (χ0v) is 18.2. The summed E-state index contributed by atoms with van der Waals surface area (Å²) in [6, 6.07) is 3.33. The maximum absolute atomic E-state index is 13.9. The van der Waals surface area contributed by atoms with Crippen LogP contribution in [-0.2, 0) is 18.8 Å². The molecular formula is C19H29BClFN2O5. The van der Waals surface area contributed by atoms with Crippen molar-refractivity contribution in [1.82, 2.24) is 5.32 Å². The van der Waals surface area contributed by atoms with Crippen LogP contribution in [0.2, 0.25) is 5.02 Å². The van der Waals surface area contributed by atoms with Crippen molar-refractivity contribution in [2.45, 2.75) is 57.3 Å². The number of carbonyl (C=O) groups is 1. The van der Waals surface area contributed by atoms with Gasteiger partial charge in [-0.1, -0.05) is 11.6 Å². The maximum atomic E-state index is 13.9. The minimum atomic E-state index is -0.834. The van der Waals surface area contributed by atoms with Gasteiger partial charge in [-0.05, 0) is 45.9 Å². The summed E-state index contributed by atoms with van der Waals surface area (Å²) in [5.41, 5.74) is 4.68. The topological polar surface area (TPSA) is 92.0 Å². The van der Waals surface area contributed by atoms with Crippen molar-refractivity contribution in [2.75, 3.05) is 20.3 Å². The molecule has 0 saturated carbocycles. The number of nitrogens with two attached hydrogens (primary N) is 1. The predicted octanol–water partition coefficient (Wildman–Crippen LogP) is 2.34. The highest BCUT2D eigenvalue weighted by atomic mass is 35.5. The minimum Gasteiger partial charge on any atom is -0.490 e. The number of hydrogen-bond acceptors (Lipinski definition) is 6. The van der Waals surface area contributed by atoms with E-state index in [0.29, 0.717) is 6.42 Å². The smallest absolute Gasteiger partial charge is 0.481 e. The Bertz CT molecular complexity index is 706. The summed E-state index contributed by atoms with van der Waals surface area (Å²) in [5, 5.41) is 3.12. The fourth-order valence-corrected chi connectivity index (χ4v) is 2.92. The van der Waals surface area contributed by atoms with E-state index in [0.717, 1.165) is 0 Å². The molecule has 1 fully saturated rings. The second kappa shape index (κ2) is 9.62. The summed E-state index contributed by atoms with van der Waals surface area (Å²) in [6.07, 6.45) is 0.310. The average molecular weight is 431 g/mol. The number of carbonyl (C=O) groups excluding carboxylic acids is 1. The Morgan fingerprint density at radius 2 is 1.93 bits per heavy atom. The maximum Gasteiger partial charge on any atom is 0.481 e. The lowest BCUT2D eigenvalue weighted by Crippen LogP contribution is -2.54. The van der Waals surface area contributed by atoms with Gasteiger partial charge >= 0.3 is 7.12 Å². The third-order valence-electron chi connectivity index (χ3n) is 5.19. The molecule has 29 heavy (non-hydrogen) atoms. The SMILES string of the molecule is COC[C@@H](N)C(=O)N[C@@H](CCOc1ccc(Cl)cc1F)B1OC(C)(C)C(C)(C)O1. The Kier molecular flexibility index (Phi) is 7.92. The second-order valence-electron chi connectivity index (χ2n) is 8.01. The fraction of sp³-hybridized carbons (Fsp3) is 0.632. The fourth-order valence-electron chi connectivity index (χ4n) is 2.76. The molecule has 1 aliphatic rings. The number of nitrogens with one attached hydrogen (secondary N) is 1. The van der Waals surface area contributed by atoms with E-state index in [9.17, 15) is 9.18 Å². The molecule has 10 heteroatoms. The number of ether oxygens (including phenoxy) is 2. The summed E-state index contributed by atoms with van der Waals surface area (Å²) in [5.74, 6) is -1.44. The number of benzene rings is 1. The van der Waals surface area contributed by atoms with E-state index in [1.54, 1.807) is 0 Å². The normalized spacial score (nSPS) is 19.7. The zero-order valence-electron chi connectivity index (χ0n) is 17.5. The number of rotatable bonds is 9. The largest absolute Gasteiger partial charge is 0.490 e. The quantitative estimate of drug-likeness (QED) is 0.584. The van der Waals surface area contributed by atoms with Crippen LogP contribution in [0.4, 0.5) is 4.39 Å². The summed E-state index contributed by atoms with van der Waals surface area (Å²) < 4.78 is 36.5. The van der Waals surface area contributed by atoms with E-state index in [-0.39, 0.29) is 24.0 Å². The molecule has 162 valence electrons. The molecule has 1 aromatic rings. The van der Waals surface area contributed by atoms with E-state index in [2.05, 4.69) is 5.32 Å². The van der Waals surface area contributed by atoms with Gasteiger partial charge in [0.05, 0.1) is 30.4 Å². The van der Waals surface area contributed by atoms with Gasteiger partial charge in [-0.3, -0.25) is 4.79 Å². The van der Waals surface area contributed by atoms with E-state index < -0.39 is 42.0 Å². The highest BCUT2D eigenvalue weighted by molar-refractivity contribution is 6.48. The van der Waals surface area contributed by atoms with Crippen LogP contribution in [0.3, 0.4) is 0 Å². The van der Waals surface area contributed by atoms with Gasteiger partial charge < -0.3 is 29.8 Å². The summed E-state index contributed by atoms with van der Waals surface area (Å²) in [4.78, 5) is 12.4. The molecule has 3 N–H and O–H groups in total.